The monoisotopic (exact) mass is 375 g/mol. The maximum absolute atomic E-state index is 6.27. The van der Waals surface area contributed by atoms with Gasteiger partial charge in [-0.25, -0.2) is 0 Å². The van der Waals surface area contributed by atoms with Gasteiger partial charge in [0.2, 0.25) is 0 Å². The van der Waals surface area contributed by atoms with Crippen LogP contribution in [0.2, 0.25) is 5.02 Å². The Morgan fingerprint density at radius 3 is 2.78 bits per heavy atom. The SMILES string of the molecule is CCn1ncc(Cl)c1C(NC)c1ccccc1I. The summed E-state index contributed by atoms with van der Waals surface area (Å²) in [4.78, 5) is 0. The molecule has 2 rings (SSSR count). The van der Waals surface area contributed by atoms with Crippen molar-refractivity contribution in [2.24, 2.45) is 0 Å². The van der Waals surface area contributed by atoms with Crippen LogP contribution in [0.15, 0.2) is 30.5 Å². The van der Waals surface area contributed by atoms with E-state index in [-0.39, 0.29) is 6.04 Å². The molecule has 5 heteroatoms. The number of rotatable bonds is 4. The first kappa shape index (κ1) is 13.8. The highest BCUT2D eigenvalue weighted by molar-refractivity contribution is 14.1. The average Bonchev–Trinajstić information content (AvgIpc) is 2.74. The van der Waals surface area contributed by atoms with Gasteiger partial charge in [0.15, 0.2) is 0 Å². The molecule has 96 valence electrons. The van der Waals surface area contributed by atoms with Crippen LogP contribution < -0.4 is 5.32 Å². The topological polar surface area (TPSA) is 29.9 Å². The molecular weight excluding hydrogens is 361 g/mol. The molecular formula is C13H15ClIN3. The quantitative estimate of drug-likeness (QED) is 0.829. The second kappa shape index (κ2) is 6.04. The first-order valence-corrected chi connectivity index (χ1v) is 7.27. The fourth-order valence-corrected chi connectivity index (χ4v) is 3.01. The van der Waals surface area contributed by atoms with E-state index in [4.69, 9.17) is 11.6 Å². The molecule has 2 aromatic rings. The smallest absolute Gasteiger partial charge is 0.0837 e. The Labute approximate surface area is 126 Å². The Morgan fingerprint density at radius 1 is 1.44 bits per heavy atom. The zero-order valence-corrected chi connectivity index (χ0v) is 13.2. The third-order valence-electron chi connectivity index (χ3n) is 2.91. The van der Waals surface area contributed by atoms with Gasteiger partial charge in [-0.05, 0) is 48.2 Å². The van der Waals surface area contributed by atoms with Crippen LogP contribution in [0.1, 0.15) is 24.2 Å². The summed E-state index contributed by atoms with van der Waals surface area (Å²) in [5.74, 6) is 0. The molecule has 1 heterocycles. The number of benzene rings is 1. The first-order valence-electron chi connectivity index (χ1n) is 5.82. The second-order valence-corrected chi connectivity index (χ2v) is 5.51. The van der Waals surface area contributed by atoms with E-state index < -0.39 is 0 Å². The summed E-state index contributed by atoms with van der Waals surface area (Å²) >= 11 is 8.62. The number of nitrogens with zero attached hydrogens (tertiary/aromatic N) is 2. The molecule has 0 aliphatic rings. The van der Waals surface area contributed by atoms with E-state index in [0.29, 0.717) is 5.02 Å². The number of hydrogen-bond donors (Lipinski definition) is 1. The number of hydrogen-bond acceptors (Lipinski definition) is 2. The highest BCUT2D eigenvalue weighted by Crippen LogP contribution is 2.30. The van der Waals surface area contributed by atoms with Crippen LogP contribution in [0, 0.1) is 3.57 Å². The van der Waals surface area contributed by atoms with Crippen LogP contribution in [-0.4, -0.2) is 16.8 Å². The van der Waals surface area contributed by atoms with Gasteiger partial charge < -0.3 is 5.32 Å². The fourth-order valence-electron chi connectivity index (χ4n) is 2.06. The molecule has 1 aromatic carbocycles. The lowest BCUT2D eigenvalue weighted by molar-refractivity contribution is 0.562. The minimum atomic E-state index is 0.0630. The van der Waals surface area contributed by atoms with Crippen molar-refractivity contribution in [3.8, 4) is 0 Å². The minimum Gasteiger partial charge on any atom is -0.308 e. The van der Waals surface area contributed by atoms with Crippen molar-refractivity contribution in [1.82, 2.24) is 15.1 Å². The minimum absolute atomic E-state index is 0.0630. The molecule has 0 fully saturated rings. The number of halogens is 2. The molecule has 18 heavy (non-hydrogen) atoms. The van der Waals surface area contributed by atoms with Crippen LogP contribution in [0.5, 0.6) is 0 Å². The van der Waals surface area contributed by atoms with Gasteiger partial charge in [-0.1, -0.05) is 29.8 Å². The van der Waals surface area contributed by atoms with Gasteiger partial charge >= 0.3 is 0 Å². The van der Waals surface area contributed by atoms with Crippen LogP contribution in [0.25, 0.3) is 0 Å². The standard InChI is InChI=1S/C13H15ClIN3/c1-3-18-13(10(14)8-17-18)12(16-2)9-6-4-5-7-11(9)15/h4-8,12,16H,3H2,1-2H3. The van der Waals surface area contributed by atoms with Crippen LogP contribution in [-0.2, 0) is 6.54 Å². The Kier molecular flexibility index (Phi) is 4.64. The van der Waals surface area contributed by atoms with Crippen molar-refractivity contribution in [3.63, 3.8) is 0 Å². The normalized spacial score (nSPS) is 12.7. The summed E-state index contributed by atoms with van der Waals surface area (Å²) in [6.07, 6.45) is 1.71. The Morgan fingerprint density at radius 2 is 2.17 bits per heavy atom. The lowest BCUT2D eigenvalue weighted by Gasteiger charge is -2.20. The lowest BCUT2D eigenvalue weighted by atomic mass is 10.0. The summed E-state index contributed by atoms with van der Waals surface area (Å²) in [7, 11) is 1.94. The molecule has 1 aromatic heterocycles. The predicted octanol–water partition coefficient (Wildman–Crippen LogP) is 3.47. The highest BCUT2D eigenvalue weighted by atomic mass is 127. The summed E-state index contributed by atoms with van der Waals surface area (Å²) in [6.45, 7) is 2.87. The lowest BCUT2D eigenvalue weighted by Crippen LogP contribution is -2.22. The summed E-state index contributed by atoms with van der Waals surface area (Å²) in [5.41, 5.74) is 2.24. The largest absolute Gasteiger partial charge is 0.308 e. The van der Waals surface area contributed by atoms with Crippen molar-refractivity contribution in [2.45, 2.75) is 19.5 Å². The van der Waals surface area contributed by atoms with Gasteiger partial charge in [0.25, 0.3) is 0 Å². The Bertz CT molecular complexity index is 539. The van der Waals surface area contributed by atoms with Crippen LogP contribution in [0.3, 0.4) is 0 Å². The summed E-state index contributed by atoms with van der Waals surface area (Å²) in [6, 6.07) is 8.36. The molecule has 1 N–H and O–H groups in total. The maximum Gasteiger partial charge on any atom is 0.0837 e. The molecule has 0 saturated heterocycles. The molecule has 0 spiro atoms. The molecule has 3 nitrogen and oxygen atoms in total. The van der Waals surface area contributed by atoms with Crippen LogP contribution in [0.4, 0.5) is 0 Å². The van der Waals surface area contributed by atoms with Gasteiger partial charge in [-0.3, -0.25) is 4.68 Å². The zero-order chi connectivity index (χ0) is 13.1. The zero-order valence-electron chi connectivity index (χ0n) is 10.3. The molecule has 1 atom stereocenters. The van der Waals surface area contributed by atoms with Crippen molar-refractivity contribution >= 4 is 34.2 Å². The maximum atomic E-state index is 6.27. The first-order chi connectivity index (χ1) is 8.69. The van der Waals surface area contributed by atoms with Crippen molar-refractivity contribution in [1.29, 1.82) is 0 Å². The van der Waals surface area contributed by atoms with E-state index in [1.807, 2.05) is 23.9 Å². The van der Waals surface area contributed by atoms with E-state index in [9.17, 15) is 0 Å². The fraction of sp³-hybridized carbons (Fsp3) is 0.308. The molecule has 1 unspecified atom stereocenters. The number of aryl methyl sites for hydroxylation is 1. The summed E-state index contributed by atoms with van der Waals surface area (Å²) < 4.78 is 3.15. The van der Waals surface area contributed by atoms with E-state index in [1.165, 1.54) is 9.13 Å². The molecule has 0 saturated carbocycles. The predicted molar refractivity (Wildman–Crippen MR) is 83.0 cm³/mol. The van der Waals surface area contributed by atoms with E-state index in [1.54, 1.807) is 6.20 Å². The molecule has 0 aliphatic heterocycles. The molecule has 0 amide bonds. The number of nitrogens with one attached hydrogen (secondary N) is 1. The van der Waals surface area contributed by atoms with Gasteiger partial charge in [-0.2, -0.15) is 5.10 Å². The number of aromatic nitrogens is 2. The third kappa shape index (κ3) is 2.55. The molecule has 0 bridgehead atoms. The van der Waals surface area contributed by atoms with Gasteiger partial charge in [0.1, 0.15) is 0 Å². The van der Waals surface area contributed by atoms with E-state index >= 15 is 0 Å². The van der Waals surface area contributed by atoms with Gasteiger partial charge in [0, 0.05) is 10.1 Å². The summed E-state index contributed by atoms with van der Waals surface area (Å²) in [5, 5.41) is 8.33. The molecule has 0 radical (unpaired) electrons. The Balaban J connectivity index is 2.52. The Hall–Kier alpha value is -0.590. The van der Waals surface area contributed by atoms with Crippen molar-refractivity contribution < 1.29 is 0 Å². The van der Waals surface area contributed by atoms with Crippen molar-refractivity contribution in [3.05, 3.63) is 50.3 Å². The van der Waals surface area contributed by atoms with Crippen LogP contribution >= 0.6 is 34.2 Å². The van der Waals surface area contributed by atoms with Crippen molar-refractivity contribution in [2.75, 3.05) is 7.05 Å². The highest BCUT2D eigenvalue weighted by Gasteiger charge is 2.21. The third-order valence-corrected chi connectivity index (χ3v) is 4.18. The van der Waals surface area contributed by atoms with Gasteiger partial charge in [-0.15, -0.1) is 0 Å². The van der Waals surface area contributed by atoms with E-state index in [2.05, 4.69) is 52.1 Å². The second-order valence-electron chi connectivity index (χ2n) is 3.94. The average molecular weight is 376 g/mol. The van der Waals surface area contributed by atoms with E-state index in [0.717, 1.165) is 12.2 Å². The molecule has 0 aliphatic carbocycles. The van der Waals surface area contributed by atoms with Gasteiger partial charge in [0.05, 0.1) is 23.0 Å².